The van der Waals surface area contributed by atoms with Crippen molar-refractivity contribution in [3.63, 3.8) is 0 Å². The molecule has 1 aliphatic heterocycles. The summed E-state index contributed by atoms with van der Waals surface area (Å²) in [5.41, 5.74) is 1.51. The Labute approximate surface area is 273 Å². The van der Waals surface area contributed by atoms with Gasteiger partial charge in [-0.2, -0.15) is 5.10 Å². The minimum absolute atomic E-state index is 0.0842. The number of nitrogens with two attached hydrogens (primary N) is 1. The number of halogens is 1. The zero-order valence-electron chi connectivity index (χ0n) is 24.1. The number of para-hydroxylation sites is 1. The number of amidine groups is 1. The maximum Gasteiger partial charge on any atom is 0.267 e. The van der Waals surface area contributed by atoms with Gasteiger partial charge in [0.1, 0.15) is 17.3 Å². The topological polar surface area (TPSA) is 166 Å². The fraction of sp³-hybridized carbons (Fsp3) is 0.0968. The Kier molecular flexibility index (Phi) is 10.2. The standard InChI is InChI=1S/C31H26ClN5O7S2/c1-42-26-7-3-2-5-20(26)17-34-36-31-37(18-24-6-4-14-43-24)30(39)28(45-31)16-21-15-22(32)8-13-27(21)44-19-29(38)35-23-9-11-25(12-10-23)46(33,40)41/h2-17H,18-19H2,1H3,(H,35,38)(H2,33,40,41)/b28-16-,34-17+,36-31-. The predicted molar refractivity (Wildman–Crippen MR) is 176 cm³/mol. The fourth-order valence-electron chi connectivity index (χ4n) is 4.17. The van der Waals surface area contributed by atoms with Gasteiger partial charge in [-0.25, -0.2) is 13.6 Å². The first-order valence-corrected chi connectivity index (χ1v) is 16.2. The van der Waals surface area contributed by atoms with E-state index in [2.05, 4.69) is 15.5 Å². The summed E-state index contributed by atoms with van der Waals surface area (Å²) in [7, 11) is -2.30. The number of primary sulfonamides is 1. The number of thioether (sulfide) groups is 1. The summed E-state index contributed by atoms with van der Waals surface area (Å²) in [4.78, 5) is 27.8. The van der Waals surface area contributed by atoms with Gasteiger partial charge in [0.25, 0.3) is 11.8 Å². The quantitative estimate of drug-likeness (QED) is 0.125. The molecule has 236 valence electrons. The molecule has 0 atom stereocenters. The van der Waals surface area contributed by atoms with Gasteiger partial charge in [0.05, 0.1) is 35.9 Å². The zero-order chi connectivity index (χ0) is 32.7. The first-order chi connectivity index (χ1) is 22.1. The second-order valence-electron chi connectivity index (χ2n) is 9.54. The molecular weight excluding hydrogens is 654 g/mol. The van der Waals surface area contributed by atoms with E-state index in [4.69, 9.17) is 30.6 Å². The molecule has 1 saturated heterocycles. The highest BCUT2D eigenvalue weighted by Gasteiger charge is 2.34. The number of benzene rings is 3. The van der Waals surface area contributed by atoms with Crippen molar-refractivity contribution in [2.24, 2.45) is 15.3 Å². The molecule has 2 amide bonds. The molecule has 1 aromatic heterocycles. The molecule has 0 saturated carbocycles. The maximum absolute atomic E-state index is 13.6. The Morgan fingerprint density at radius 2 is 1.85 bits per heavy atom. The summed E-state index contributed by atoms with van der Waals surface area (Å²) in [6, 6.07) is 20.9. The Morgan fingerprint density at radius 1 is 1.07 bits per heavy atom. The van der Waals surface area contributed by atoms with Crippen LogP contribution in [0.4, 0.5) is 5.69 Å². The number of methoxy groups -OCH3 is 1. The molecule has 0 unspecified atom stereocenters. The van der Waals surface area contributed by atoms with Crippen molar-refractivity contribution in [1.29, 1.82) is 0 Å². The van der Waals surface area contributed by atoms with Crippen molar-refractivity contribution in [3.8, 4) is 11.5 Å². The summed E-state index contributed by atoms with van der Waals surface area (Å²) in [5.74, 6) is 0.613. The highest BCUT2D eigenvalue weighted by Crippen LogP contribution is 2.36. The van der Waals surface area contributed by atoms with Gasteiger partial charge in [-0.3, -0.25) is 14.5 Å². The van der Waals surface area contributed by atoms with E-state index in [-0.39, 0.29) is 24.0 Å². The lowest BCUT2D eigenvalue weighted by Crippen LogP contribution is -2.28. The predicted octanol–water partition coefficient (Wildman–Crippen LogP) is 5.11. The molecule has 5 rings (SSSR count). The Hall–Kier alpha value is -4.89. The summed E-state index contributed by atoms with van der Waals surface area (Å²) < 4.78 is 39.5. The highest BCUT2D eigenvalue weighted by atomic mass is 35.5. The van der Waals surface area contributed by atoms with Crippen molar-refractivity contribution in [1.82, 2.24) is 4.90 Å². The number of carbonyl (C=O) groups is 2. The molecule has 1 aliphatic rings. The second-order valence-corrected chi connectivity index (χ2v) is 12.5. The lowest BCUT2D eigenvalue weighted by atomic mass is 10.2. The third-order valence-electron chi connectivity index (χ3n) is 6.34. The minimum atomic E-state index is -3.86. The van der Waals surface area contributed by atoms with E-state index in [1.165, 1.54) is 41.6 Å². The molecule has 1 fully saturated rings. The molecule has 12 nitrogen and oxygen atoms in total. The van der Waals surface area contributed by atoms with Crippen molar-refractivity contribution < 1.29 is 31.9 Å². The van der Waals surface area contributed by atoms with Gasteiger partial charge in [-0.05, 0) is 84.6 Å². The van der Waals surface area contributed by atoms with Crippen LogP contribution in [0.3, 0.4) is 0 Å². The zero-order valence-corrected chi connectivity index (χ0v) is 26.5. The monoisotopic (exact) mass is 679 g/mol. The molecule has 0 aliphatic carbocycles. The normalized spacial score (nSPS) is 15.2. The van der Waals surface area contributed by atoms with Gasteiger partial charge in [0.15, 0.2) is 11.8 Å². The van der Waals surface area contributed by atoms with Gasteiger partial charge in [-0.15, -0.1) is 5.10 Å². The van der Waals surface area contributed by atoms with Crippen molar-refractivity contribution >= 4 is 68.3 Å². The average Bonchev–Trinajstić information content (AvgIpc) is 3.65. The molecule has 0 spiro atoms. The Balaban J connectivity index is 1.35. The molecule has 0 radical (unpaired) electrons. The van der Waals surface area contributed by atoms with Crippen LogP contribution in [0.5, 0.6) is 11.5 Å². The largest absolute Gasteiger partial charge is 0.496 e. The summed E-state index contributed by atoms with van der Waals surface area (Å²) in [6.45, 7) is -0.263. The van der Waals surface area contributed by atoms with Gasteiger partial charge in [0.2, 0.25) is 10.0 Å². The van der Waals surface area contributed by atoms with Crippen molar-refractivity contribution in [2.45, 2.75) is 11.4 Å². The second kappa shape index (κ2) is 14.5. The molecule has 2 heterocycles. The number of ether oxygens (including phenoxy) is 2. The Morgan fingerprint density at radius 3 is 2.57 bits per heavy atom. The molecule has 3 N–H and O–H groups in total. The van der Waals surface area contributed by atoms with E-state index in [0.29, 0.717) is 49.2 Å². The van der Waals surface area contributed by atoms with Crippen LogP contribution in [0.2, 0.25) is 5.02 Å². The summed E-state index contributed by atoms with van der Waals surface area (Å²) >= 11 is 7.38. The van der Waals surface area contributed by atoms with Crippen LogP contribution in [0, 0.1) is 0 Å². The molecular formula is C31H26ClN5O7S2. The van der Waals surface area contributed by atoms with Crippen LogP contribution in [-0.4, -0.2) is 50.2 Å². The molecule has 15 heteroatoms. The van der Waals surface area contributed by atoms with E-state index in [1.54, 1.807) is 49.6 Å². The number of anilines is 1. The number of sulfonamides is 1. The van der Waals surface area contributed by atoms with Crippen LogP contribution in [0.25, 0.3) is 6.08 Å². The van der Waals surface area contributed by atoms with E-state index in [0.717, 1.165) is 11.8 Å². The van der Waals surface area contributed by atoms with Crippen LogP contribution in [-0.2, 0) is 26.2 Å². The van der Waals surface area contributed by atoms with Crippen molar-refractivity contribution in [3.05, 3.63) is 112 Å². The number of hydrogen-bond acceptors (Lipinski definition) is 10. The third-order valence-corrected chi connectivity index (χ3v) is 8.51. The van der Waals surface area contributed by atoms with Crippen molar-refractivity contribution in [2.75, 3.05) is 19.0 Å². The molecule has 46 heavy (non-hydrogen) atoms. The number of amides is 2. The minimum Gasteiger partial charge on any atom is -0.496 e. The number of nitrogens with zero attached hydrogens (tertiary/aromatic N) is 3. The number of hydrogen-bond donors (Lipinski definition) is 2. The number of furan rings is 1. The van der Waals surface area contributed by atoms with Crippen LogP contribution in [0.15, 0.2) is 110 Å². The highest BCUT2D eigenvalue weighted by molar-refractivity contribution is 8.18. The third kappa shape index (κ3) is 8.22. The van der Waals surface area contributed by atoms with Gasteiger partial charge < -0.3 is 19.2 Å². The van der Waals surface area contributed by atoms with E-state index >= 15 is 0 Å². The Bertz CT molecular complexity index is 1940. The SMILES string of the molecule is COc1ccccc1/C=N/N=C1\S/C(=C\c2cc(Cl)ccc2OCC(=O)Nc2ccc(S(N)(=O)=O)cc2)C(=O)N1Cc1ccco1. The number of carbonyl (C=O) groups excluding carboxylic acids is 2. The first-order valence-electron chi connectivity index (χ1n) is 13.4. The number of rotatable bonds is 11. The van der Waals surface area contributed by atoms with Crippen LogP contribution < -0.4 is 19.9 Å². The maximum atomic E-state index is 13.6. The molecule has 0 bridgehead atoms. The van der Waals surface area contributed by atoms with E-state index in [9.17, 15) is 18.0 Å². The van der Waals surface area contributed by atoms with Gasteiger partial charge >= 0.3 is 0 Å². The number of nitrogens with one attached hydrogen (secondary N) is 1. The smallest absolute Gasteiger partial charge is 0.267 e. The van der Waals surface area contributed by atoms with E-state index in [1.807, 2.05) is 18.2 Å². The van der Waals surface area contributed by atoms with Crippen LogP contribution in [0.1, 0.15) is 16.9 Å². The van der Waals surface area contributed by atoms with E-state index < -0.39 is 15.9 Å². The summed E-state index contributed by atoms with van der Waals surface area (Å²) in [5, 5.41) is 17.0. The first kappa shape index (κ1) is 32.5. The molecule has 3 aromatic carbocycles. The summed E-state index contributed by atoms with van der Waals surface area (Å²) in [6.07, 6.45) is 4.65. The van der Waals surface area contributed by atoms with Gasteiger partial charge in [0, 0.05) is 21.8 Å². The average molecular weight is 680 g/mol. The molecule has 4 aromatic rings. The lowest BCUT2D eigenvalue weighted by Gasteiger charge is -2.13. The van der Waals surface area contributed by atoms with Gasteiger partial charge in [-0.1, -0.05) is 23.7 Å². The van der Waals surface area contributed by atoms with Crippen LogP contribution >= 0.6 is 23.4 Å². The fourth-order valence-corrected chi connectivity index (χ4v) is 5.79. The lowest BCUT2D eigenvalue weighted by molar-refractivity contribution is -0.122.